The molecular formula is C19H28N2O2. The first kappa shape index (κ1) is 16.3. The van der Waals surface area contributed by atoms with Crippen LogP contribution in [-0.4, -0.2) is 41.9 Å². The number of fused-ring (bicyclic) bond motifs is 1. The van der Waals surface area contributed by atoms with Crippen LogP contribution in [0.1, 0.15) is 50.2 Å². The van der Waals surface area contributed by atoms with Gasteiger partial charge in [0.2, 0.25) is 5.91 Å². The van der Waals surface area contributed by atoms with Crippen LogP contribution in [0.15, 0.2) is 18.2 Å². The highest BCUT2D eigenvalue weighted by atomic mass is 16.5. The van der Waals surface area contributed by atoms with E-state index in [1.54, 1.807) is 0 Å². The van der Waals surface area contributed by atoms with Gasteiger partial charge in [-0.2, -0.15) is 0 Å². The van der Waals surface area contributed by atoms with Crippen molar-refractivity contribution in [3.05, 3.63) is 29.3 Å². The van der Waals surface area contributed by atoms with Crippen molar-refractivity contribution in [3.63, 3.8) is 0 Å². The van der Waals surface area contributed by atoms with Gasteiger partial charge in [-0.05, 0) is 43.6 Å². The van der Waals surface area contributed by atoms with E-state index in [0.29, 0.717) is 26.1 Å². The minimum atomic E-state index is 0.208. The maximum absolute atomic E-state index is 12.0. The van der Waals surface area contributed by atoms with E-state index in [2.05, 4.69) is 23.1 Å². The Kier molecular flexibility index (Phi) is 5.55. The highest BCUT2D eigenvalue weighted by Crippen LogP contribution is 2.25. The lowest BCUT2D eigenvalue weighted by Gasteiger charge is -2.21. The lowest BCUT2D eigenvalue weighted by molar-refractivity contribution is -0.131. The summed E-state index contributed by atoms with van der Waals surface area (Å²) in [6, 6.07) is 6.50. The van der Waals surface area contributed by atoms with Crippen molar-refractivity contribution in [2.75, 3.05) is 26.2 Å². The zero-order valence-electron chi connectivity index (χ0n) is 14.2. The molecule has 0 saturated carbocycles. The van der Waals surface area contributed by atoms with Crippen molar-refractivity contribution in [2.45, 2.75) is 52.1 Å². The van der Waals surface area contributed by atoms with Crippen molar-refractivity contribution in [1.29, 1.82) is 0 Å². The Morgan fingerprint density at radius 1 is 1.13 bits per heavy atom. The maximum atomic E-state index is 12.0. The topological polar surface area (TPSA) is 32.8 Å². The molecule has 4 heteroatoms. The Hall–Kier alpha value is -1.55. The Morgan fingerprint density at radius 2 is 1.91 bits per heavy atom. The quantitative estimate of drug-likeness (QED) is 0.858. The molecule has 1 saturated heterocycles. The molecule has 1 aromatic rings. The summed E-state index contributed by atoms with van der Waals surface area (Å²) in [5, 5.41) is 0. The summed E-state index contributed by atoms with van der Waals surface area (Å²) in [5.74, 6) is 1.15. The summed E-state index contributed by atoms with van der Waals surface area (Å²) in [6.07, 6.45) is 5.91. The Balaban J connectivity index is 1.72. The normalized spacial score (nSPS) is 19.4. The number of likely N-dealkylation sites (tertiary alicyclic amines) is 1. The number of amides is 1. The van der Waals surface area contributed by atoms with Crippen molar-refractivity contribution < 1.29 is 9.53 Å². The van der Waals surface area contributed by atoms with Gasteiger partial charge in [0.15, 0.2) is 0 Å². The molecule has 3 rings (SSSR count). The van der Waals surface area contributed by atoms with Crippen LogP contribution >= 0.6 is 0 Å². The number of carbonyl (C=O) groups excluding carboxylic acids is 1. The molecule has 1 amide bonds. The van der Waals surface area contributed by atoms with Crippen LogP contribution in [0.3, 0.4) is 0 Å². The molecule has 0 N–H and O–H groups in total. The van der Waals surface area contributed by atoms with E-state index in [0.717, 1.165) is 17.9 Å². The van der Waals surface area contributed by atoms with Crippen LogP contribution in [0.25, 0.3) is 0 Å². The van der Waals surface area contributed by atoms with Gasteiger partial charge in [-0.15, -0.1) is 0 Å². The molecule has 23 heavy (non-hydrogen) atoms. The zero-order chi connectivity index (χ0) is 16.1. The summed E-state index contributed by atoms with van der Waals surface area (Å²) >= 11 is 0. The molecule has 2 aliphatic heterocycles. The fraction of sp³-hybridized carbons (Fsp3) is 0.632. The standard InChI is InChI=1S/C19H28N2O2/c1-2-19(22)21-11-12-23-18-8-7-16(13-17(18)15-21)14-20-9-5-3-4-6-10-20/h7-8,13H,2-6,9-12,14-15H2,1H3. The van der Waals surface area contributed by atoms with E-state index in [-0.39, 0.29) is 5.91 Å². The first-order chi connectivity index (χ1) is 11.3. The van der Waals surface area contributed by atoms with E-state index >= 15 is 0 Å². The fourth-order valence-electron chi connectivity index (χ4n) is 3.53. The first-order valence-electron chi connectivity index (χ1n) is 9.01. The monoisotopic (exact) mass is 316 g/mol. The van der Waals surface area contributed by atoms with Gasteiger partial charge in [0.25, 0.3) is 0 Å². The third kappa shape index (κ3) is 4.25. The molecule has 2 aliphatic rings. The predicted octanol–water partition coefficient (Wildman–Crippen LogP) is 3.19. The summed E-state index contributed by atoms with van der Waals surface area (Å²) in [5.41, 5.74) is 2.48. The van der Waals surface area contributed by atoms with Crippen LogP contribution in [0.4, 0.5) is 0 Å². The van der Waals surface area contributed by atoms with Gasteiger partial charge < -0.3 is 9.64 Å². The van der Waals surface area contributed by atoms with Gasteiger partial charge in [0.05, 0.1) is 6.54 Å². The van der Waals surface area contributed by atoms with Crippen LogP contribution in [0.2, 0.25) is 0 Å². The van der Waals surface area contributed by atoms with E-state index in [1.807, 2.05) is 11.8 Å². The fourth-order valence-corrected chi connectivity index (χ4v) is 3.53. The van der Waals surface area contributed by atoms with Crippen molar-refractivity contribution in [2.24, 2.45) is 0 Å². The molecule has 0 bridgehead atoms. The second-order valence-electron chi connectivity index (χ2n) is 6.65. The zero-order valence-corrected chi connectivity index (χ0v) is 14.2. The molecule has 0 spiro atoms. The highest BCUT2D eigenvalue weighted by molar-refractivity contribution is 5.76. The van der Waals surface area contributed by atoms with E-state index in [9.17, 15) is 4.79 Å². The van der Waals surface area contributed by atoms with Crippen LogP contribution in [0.5, 0.6) is 5.75 Å². The number of rotatable bonds is 3. The highest BCUT2D eigenvalue weighted by Gasteiger charge is 2.19. The van der Waals surface area contributed by atoms with Gasteiger partial charge in [0.1, 0.15) is 12.4 Å². The third-order valence-corrected chi connectivity index (χ3v) is 4.86. The third-order valence-electron chi connectivity index (χ3n) is 4.86. The smallest absolute Gasteiger partial charge is 0.222 e. The van der Waals surface area contributed by atoms with Gasteiger partial charge in [-0.3, -0.25) is 9.69 Å². The molecule has 126 valence electrons. The molecule has 0 atom stereocenters. The molecule has 0 unspecified atom stereocenters. The molecule has 0 aliphatic carbocycles. The van der Waals surface area contributed by atoms with Crippen LogP contribution in [-0.2, 0) is 17.9 Å². The average molecular weight is 316 g/mol. The molecule has 2 heterocycles. The summed E-state index contributed by atoms with van der Waals surface area (Å²) in [4.78, 5) is 16.5. The Bertz CT molecular complexity index is 536. The largest absolute Gasteiger partial charge is 0.491 e. The van der Waals surface area contributed by atoms with Gasteiger partial charge in [-0.25, -0.2) is 0 Å². The van der Waals surface area contributed by atoms with Crippen molar-refractivity contribution in [1.82, 2.24) is 9.80 Å². The lowest BCUT2D eigenvalue weighted by Crippen LogP contribution is -2.31. The molecule has 4 nitrogen and oxygen atoms in total. The van der Waals surface area contributed by atoms with Crippen LogP contribution < -0.4 is 4.74 Å². The minimum absolute atomic E-state index is 0.208. The number of benzene rings is 1. The average Bonchev–Trinajstić information content (AvgIpc) is 2.94. The van der Waals surface area contributed by atoms with E-state index < -0.39 is 0 Å². The van der Waals surface area contributed by atoms with E-state index in [1.165, 1.54) is 44.3 Å². The summed E-state index contributed by atoms with van der Waals surface area (Å²) in [6.45, 7) is 7.28. The molecule has 0 radical (unpaired) electrons. The number of nitrogens with zero attached hydrogens (tertiary/aromatic N) is 2. The summed E-state index contributed by atoms with van der Waals surface area (Å²) < 4.78 is 5.83. The van der Waals surface area contributed by atoms with Crippen LogP contribution in [0, 0.1) is 0 Å². The van der Waals surface area contributed by atoms with Crippen molar-refractivity contribution >= 4 is 5.91 Å². The second kappa shape index (κ2) is 7.82. The number of carbonyl (C=O) groups is 1. The number of ether oxygens (including phenoxy) is 1. The Morgan fingerprint density at radius 3 is 2.65 bits per heavy atom. The SMILES string of the molecule is CCC(=O)N1CCOc2ccc(CN3CCCCCC3)cc2C1. The minimum Gasteiger partial charge on any atom is -0.491 e. The van der Waals surface area contributed by atoms with Gasteiger partial charge in [-0.1, -0.05) is 25.8 Å². The Labute approximate surface area is 139 Å². The molecule has 1 aromatic carbocycles. The number of hydrogen-bond acceptors (Lipinski definition) is 3. The predicted molar refractivity (Wildman–Crippen MR) is 91.4 cm³/mol. The second-order valence-corrected chi connectivity index (χ2v) is 6.65. The molecule has 1 fully saturated rings. The van der Waals surface area contributed by atoms with Gasteiger partial charge in [0, 0.05) is 25.1 Å². The summed E-state index contributed by atoms with van der Waals surface area (Å²) in [7, 11) is 0. The lowest BCUT2D eigenvalue weighted by atomic mass is 10.1. The maximum Gasteiger partial charge on any atom is 0.222 e. The van der Waals surface area contributed by atoms with Crippen molar-refractivity contribution in [3.8, 4) is 5.75 Å². The molecular weight excluding hydrogens is 288 g/mol. The van der Waals surface area contributed by atoms with E-state index in [4.69, 9.17) is 4.74 Å². The first-order valence-corrected chi connectivity index (χ1v) is 9.01. The molecule has 0 aromatic heterocycles. The van der Waals surface area contributed by atoms with Gasteiger partial charge >= 0.3 is 0 Å². The number of hydrogen-bond donors (Lipinski definition) is 0.